The minimum atomic E-state index is -0.405. The second-order valence-electron chi connectivity index (χ2n) is 6.57. The molecular weight excluding hydrogens is 270 g/mol. The molecule has 0 bridgehead atoms. The Labute approximate surface area is 125 Å². The van der Waals surface area contributed by atoms with E-state index in [0.29, 0.717) is 24.9 Å². The number of hydrogen-bond acceptors (Lipinski definition) is 6. The lowest BCUT2D eigenvalue weighted by molar-refractivity contribution is -0.0365. The van der Waals surface area contributed by atoms with Crippen LogP contribution in [0.5, 0.6) is 0 Å². The fraction of sp³-hybridized carbons (Fsp3) is 0.867. The average molecular weight is 295 g/mol. The molecule has 6 nitrogen and oxygen atoms in total. The molecule has 2 unspecified atom stereocenters. The monoisotopic (exact) mass is 295 g/mol. The SMILES string of the molecule is COC1(c2noc(C3(C)COCC3N)n2)CCCCCC1. The standard InChI is InChI=1S/C15H25N3O3/c1-14(10-20-9-11(14)16)13-17-12(18-21-13)15(19-2)7-5-3-4-6-8-15/h11H,3-10,16H2,1-2H3. The predicted octanol–water partition coefficient (Wildman–Crippen LogP) is 1.88. The lowest BCUT2D eigenvalue weighted by Crippen LogP contribution is -2.42. The maximum Gasteiger partial charge on any atom is 0.236 e. The highest BCUT2D eigenvalue weighted by Crippen LogP contribution is 2.39. The van der Waals surface area contributed by atoms with Crippen LogP contribution in [0.15, 0.2) is 4.52 Å². The molecule has 2 fully saturated rings. The van der Waals surface area contributed by atoms with Crippen LogP contribution in [-0.4, -0.2) is 36.5 Å². The van der Waals surface area contributed by atoms with Gasteiger partial charge in [0.15, 0.2) is 0 Å². The molecule has 1 aliphatic carbocycles. The van der Waals surface area contributed by atoms with Crippen LogP contribution in [0.1, 0.15) is 57.2 Å². The van der Waals surface area contributed by atoms with Crippen LogP contribution in [0.4, 0.5) is 0 Å². The van der Waals surface area contributed by atoms with Gasteiger partial charge in [-0.25, -0.2) is 0 Å². The molecule has 2 aliphatic rings. The first-order chi connectivity index (χ1) is 10.1. The Morgan fingerprint density at radius 3 is 2.52 bits per heavy atom. The normalized spacial score (nSPS) is 33.0. The Hall–Kier alpha value is -0.980. The number of nitrogens with zero attached hydrogens (tertiary/aromatic N) is 2. The van der Waals surface area contributed by atoms with Crippen molar-refractivity contribution in [1.29, 1.82) is 0 Å². The van der Waals surface area contributed by atoms with Crippen molar-refractivity contribution in [3.63, 3.8) is 0 Å². The molecule has 0 amide bonds. The Balaban J connectivity index is 1.89. The molecule has 2 atom stereocenters. The summed E-state index contributed by atoms with van der Waals surface area (Å²) in [5.41, 5.74) is 5.34. The zero-order valence-corrected chi connectivity index (χ0v) is 12.9. The molecule has 1 aromatic heterocycles. The van der Waals surface area contributed by atoms with Crippen LogP contribution in [0.2, 0.25) is 0 Å². The van der Waals surface area contributed by atoms with Gasteiger partial charge in [-0.2, -0.15) is 4.98 Å². The molecule has 21 heavy (non-hydrogen) atoms. The molecule has 3 rings (SSSR count). The smallest absolute Gasteiger partial charge is 0.236 e. The molecule has 2 N–H and O–H groups in total. The van der Waals surface area contributed by atoms with E-state index < -0.39 is 11.0 Å². The first-order valence-corrected chi connectivity index (χ1v) is 7.84. The van der Waals surface area contributed by atoms with E-state index in [0.717, 1.165) is 25.7 Å². The maximum absolute atomic E-state index is 6.14. The van der Waals surface area contributed by atoms with Gasteiger partial charge < -0.3 is 19.7 Å². The van der Waals surface area contributed by atoms with Crippen molar-refractivity contribution in [2.45, 2.75) is 62.5 Å². The summed E-state index contributed by atoms with van der Waals surface area (Å²) < 4.78 is 16.8. The third-order valence-corrected chi connectivity index (χ3v) is 5.14. The van der Waals surface area contributed by atoms with Crippen molar-refractivity contribution in [1.82, 2.24) is 10.1 Å². The highest BCUT2D eigenvalue weighted by Gasteiger charge is 2.46. The molecule has 2 heterocycles. The van der Waals surface area contributed by atoms with E-state index in [-0.39, 0.29) is 6.04 Å². The molecule has 1 aliphatic heterocycles. The van der Waals surface area contributed by atoms with Crippen LogP contribution in [0.25, 0.3) is 0 Å². The van der Waals surface area contributed by atoms with Crippen LogP contribution in [0.3, 0.4) is 0 Å². The third kappa shape index (κ3) is 2.49. The predicted molar refractivity (Wildman–Crippen MR) is 76.8 cm³/mol. The lowest BCUT2D eigenvalue weighted by Gasteiger charge is -2.27. The van der Waals surface area contributed by atoms with Crippen molar-refractivity contribution >= 4 is 0 Å². The van der Waals surface area contributed by atoms with Gasteiger partial charge in [-0.15, -0.1) is 0 Å². The van der Waals surface area contributed by atoms with Gasteiger partial charge in [0, 0.05) is 13.2 Å². The topological polar surface area (TPSA) is 83.4 Å². The van der Waals surface area contributed by atoms with Crippen LogP contribution in [0, 0.1) is 0 Å². The van der Waals surface area contributed by atoms with E-state index in [1.54, 1.807) is 7.11 Å². The third-order valence-electron chi connectivity index (χ3n) is 5.14. The Kier molecular flexibility index (Phi) is 4.03. The highest BCUT2D eigenvalue weighted by molar-refractivity contribution is 5.14. The molecular formula is C15H25N3O3. The van der Waals surface area contributed by atoms with Gasteiger partial charge >= 0.3 is 0 Å². The number of nitrogens with two attached hydrogens (primary N) is 1. The van der Waals surface area contributed by atoms with Gasteiger partial charge in [0.25, 0.3) is 0 Å². The molecule has 0 radical (unpaired) electrons. The minimum Gasteiger partial charge on any atom is -0.379 e. The van der Waals surface area contributed by atoms with E-state index in [2.05, 4.69) is 10.1 Å². The summed E-state index contributed by atoms with van der Waals surface area (Å²) >= 11 is 0. The minimum absolute atomic E-state index is 0.113. The number of rotatable bonds is 3. The van der Waals surface area contributed by atoms with Gasteiger partial charge in [0.2, 0.25) is 11.7 Å². The largest absolute Gasteiger partial charge is 0.379 e. The van der Waals surface area contributed by atoms with Crippen LogP contribution in [-0.2, 0) is 20.5 Å². The Morgan fingerprint density at radius 2 is 1.95 bits per heavy atom. The second-order valence-corrected chi connectivity index (χ2v) is 6.57. The molecule has 1 saturated heterocycles. The number of ether oxygens (including phenoxy) is 2. The molecule has 6 heteroatoms. The van der Waals surface area contributed by atoms with Gasteiger partial charge in [-0.05, 0) is 19.8 Å². The lowest BCUT2D eigenvalue weighted by atomic mass is 9.85. The second kappa shape index (κ2) is 5.66. The number of aromatic nitrogens is 2. The summed E-state index contributed by atoms with van der Waals surface area (Å²) in [5.74, 6) is 1.24. The fourth-order valence-corrected chi connectivity index (χ4v) is 3.37. The van der Waals surface area contributed by atoms with E-state index in [9.17, 15) is 0 Å². The van der Waals surface area contributed by atoms with E-state index in [1.807, 2.05) is 6.92 Å². The van der Waals surface area contributed by atoms with Crippen molar-refractivity contribution < 1.29 is 14.0 Å². The quantitative estimate of drug-likeness (QED) is 0.857. The van der Waals surface area contributed by atoms with E-state index in [1.165, 1.54) is 12.8 Å². The van der Waals surface area contributed by atoms with Gasteiger partial charge in [0.05, 0.1) is 18.6 Å². The summed E-state index contributed by atoms with van der Waals surface area (Å²) in [4.78, 5) is 4.66. The average Bonchev–Trinajstić information content (AvgIpc) is 3.02. The maximum atomic E-state index is 6.14. The molecule has 118 valence electrons. The Morgan fingerprint density at radius 1 is 1.24 bits per heavy atom. The summed E-state index contributed by atoms with van der Waals surface area (Å²) in [6, 6.07) is -0.113. The fourth-order valence-electron chi connectivity index (χ4n) is 3.37. The zero-order chi connectivity index (χ0) is 14.9. The van der Waals surface area contributed by atoms with Crippen molar-refractivity contribution in [3.8, 4) is 0 Å². The molecule has 0 aromatic carbocycles. The van der Waals surface area contributed by atoms with Gasteiger partial charge in [-0.1, -0.05) is 30.8 Å². The highest BCUT2D eigenvalue weighted by atomic mass is 16.5. The molecule has 1 saturated carbocycles. The summed E-state index contributed by atoms with van der Waals surface area (Å²) in [5, 5.41) is 4.23. The van der Waals surface area contributed by atoms with Crippen molar-refractivity contribution in [3.05, 3.63) is 11.7 Å². The van der Waals surface area contributed by atoms with Gasteiger partial charge in [0.1, 0.15) is 5.60 Å². The van der Waals surface area contributed by atoms with Crippen molar-refractivity contribution in [2.24, 2.45) is 5.73 Å². The first kappa shape index (κ1) is 14.9. The van der Waals surface area contributed by atoms with Crippen LogP contribution >= 0.6 is 0 Å². The summed E-state index contributed by atoms with van der Waals surface area (Å²) in [6.07, 6.45) is 6.65. The summed E-state index contributed by atoms with van der Waals surface area (Å²) in [7, 11) is 1.74. The molecule has 0 spiro atoms. The summed E-state index contributed by atoms with van der Waals surface area (Å²) in [6.45, 7) is 3.08. The molecule has 1 aromatic rings. The number of hydrogen-bond donors (Lipinski definition) is 1. The zero-order valence-electron chi connectivity index (χ0n) is 12.9. The first-order valence-electron chi connectivity index (χ1n) is 7.84. The Bertz CT molecular complexity index is 482. The number of methoxy groups -OCH3 is 1. The van der Waals surface area contributed by atoms with E-state index in [4.69, 9.17) is 19.7 Å². The van der Waals surface area contributed by atoms with Gasteiger partial charge in [-0.3, -0.25) is 0 Å². The van der Waals surface area contributed by atoms with Crippen LogP contribution < -0.4 is 5.73 Å². The van der Waals surface area contributed by atoms with E-state index >= 15 is 0 Å². The van der Waals surface area contributed by atoms with Crippen molar-refractivity contribution in [2.75, 3.05) is 20.3 Å².